The highest BCUT2D eigenvalue weighted by Crippen LogP contribution is 2.31. The van der Waals surface area contributed by atoms with Crippen molar-refractivity contribution < 1.29 is 37.0 Å². The highest BCUT2D eigenvalue weighted by molar-refractivity contribution is 5.98. The molecule has 1 aromatic heterocycles. The number of ketones is 1. The molecule has 0 amide bonds. The zero-order valence-corrected chi connectivity index (χ0v) is 15.9. The van der Waals surface area contributed by atoms with Crippen LogP contribution in [0, 0.1) is 0 Å². The van der Waals surface area contributed by atoms with Gasteiger partial charge < -0.3 is 19.0 Å². The maximum absolute atomic E-state index is 12.5. The zero-order chi connectivity index (χ0) is 21.7. The summed E-state index contributed by atoms with van der Waals surface area (Å²) >= 11 is 0. The number of methoxy groups -OCH3 is 1. The second-order valence-corrected chi connectivity index (χ2v) is 6.35. The maximum atomic E-state index is 12.5. The molecule has 3 aromatic rings. The number of rotatable bonds is 8. The molecule has 0 bridgehead atoms. The second kappa shape index (κ2) is 8.89. The van der Waals surface area contributed by atoms with Gasteiger partial charge >= 0.3 is 6.18 Å². The van der Waals surface area contributed by atoms with Crippen LogP contribution in [0.2, 0.25) is 0 Å². The summed E-state index contributed by atoms with van der Waals surface area (Å²) in [6.07, 6.45) is -2.89. The molecule has 0 radical (unpaired) electrons. The number of Topliss-reactive ketones (excluding diaryl/α,β-unsaturated/α-hetero) is 1. The quantitative estimate of drug-likeness (QED) is 0.526. The van der Waals surface area contributed by atoms with Crippen LogP contribution in [0.5, 0.6) is 17.2 Å². The first kappa shape index (κ1) is 21.2. The lowest BCUT2D eigenvalue weighted by molar-refractivity contribution is -0.153. The molecule has 30 heavy (non-hydrogen) atoms. The van der Waals surface area contributed by atoms with Crippen LogP contribution in [0.3, 0.4) is 0 Å². The van der Waals surface area contributed by atoms with E-state index in [1.54, 1.807) is 18.2 Å². The zero-order valence-electron chi connectivity index (χ0n) is 15.9. The van der Waals surface area contributed by atoms with E-state index in [1.165, 1.54) is 37.6 Å². The molecule has 0 unspecified atom stereocenters. The Balaban J connectivity index is 1.66. The molecule has 9 heteroatoms. The molecule has 0 aliphatic rings. The van der Waals surface area contributed by atoms with E-state index in [-0.39, 0.29) is 41.6 Å². The normalized spacial score (nSPS) is 11.3. The minimum atomic E-state index is -4.50. The molecule has 1 N–H and O–H groups in total. The number of benzene rings is 2. The molecule has 0 saturated carbocycles. The Morgan fingerprint density at radius 1 is 1.17 bits per heavy atom. The number of carbonyl (C=O) groups is 1. The van der Waals surface area contributed by atoms with Crippen molar-refractivity contribution in [1.82, 2.24) is 4.98 Å². The number of hydrogen-bond donors (Lipinski definition) is 1. The Kier molecular flexibility index (Phi) is 6.29. The number of aromatic hydroxyl groups is 1. The van der Waals surface area contributed by atoms with Crippen molar-refractivity contribution in [1.29, 1.82) is 0 Å². The van der Waals surface area contributed by atoms with E-state index >= 15 is 0 Å². The fourth-order valence-electron chi connectivity index (χ4n) is 2.74. The molecule has 158 valence electrons. The van der Waals surface area contributed by atoms with Gasteiger partial charge in [-0.2, -0.15) is 13.2 Å². The fraction of sp³-hybridized carbons (Fsp3) is 0.238. The summed E-state index contributed by atoms with van der Waals surface area (Å²) in [5.74, 6) is 0.000953. The van der Waals surface area contributed by atoms with Crippen molar-refractivity contribution in [2.75, 3.05) is 13.7 Å². The van der Waals surface area contributed by atoms with Crippen molar-refractivity contribution in [2.45, 2.75) is 19.0 Å². The molecule has 0 atom stereocenters. The summed E-state index contributed by atoms with van der Waals surface area (Å²) in [4.78, 5) is 16.8. The van der Waals surface area contributed by atoms with Crippen molar-refractivity contribution >= 4 is 5.78 Å². The highest BCUT2D eigenvalue weighted by Gasteiger charge is 2.29. The predicted molar refractivity (Wildman–Crippen MR) is 101 cm³/mol. The number of para-hydroxylation sites is 1. The Labute approximate surface area is 169 Å². The van der Waals surface area contributed by atoms with Gasteiger partial charge in [-0.3, -0.25) is 4.79 Å². The summed E-state index contributed by atoms with van der Waals surface area (Å²) in [6, 6.07) is 10.5. The Bertz CT molecular complexity index is 1030. The van der Waals surface area contributed by atoms with Crippen LogP contribution in [0.25, 0.3) is 11.5 Å². The smallest absolute Gasteiger partial charge is 0.422 e. The first-order chi connectivity index (χ1) is 14.3. The second-order valence-electron chi connectivity index (χ2n) is 6.35. The molecule has 6 nitrogen and oxygen atoms in total. The number of aryl methyl sites for hydroxylation is 1. The molecular weight excluding hydrogens is 403 g/mol. The fourth-order valence-corrected chi connectivity index (χ4v) is 2.74. The van der Waals surface area contributed by atoms with E-state index in [0.717, 1.165) is 0 Å². The minimum absolute atomic E-state index is 0.00618. The molecular formula is C21H18F3NO5. The number of aromatic nitrogens is 1. The van der Waals surface area contributed by atoms with Gasteiger partial charge in [0.1, 0.15) is 12.0 Å². The lowest BCUT2D eigenvalue weighted by Gasteiger charge is -2.12. The minimum Gasteiger partial charge on any atom is -0.504 e. The summed E-state index contributed by atoms with van der Waals surface area (Å²) in [6.45, 7) is -1.47. The Morgan fingerprint density at radius 3 is 2.63 bits per heavy atom. The largest absolute Gasteiger partial charge is 0.504 e. The van der Waals surface area contributed by atoms with Crippen LogP contribution in [-0.2, 0) is 6.42 Å². The molecule has 0 saturated heterocycles. The van der Waals surface area contributed by atoms with Gasteiger partial charge in [-0.1, -0.05) is 12.1 Å². The number of phenolic OH excluding ortho intramolecular Hbond substituents is 1. The SMILES string of the molecule is COc1ccc(-c2nc(CCC(=O)c3ccccc3OCC(F)(F)F)co2)cc1O. The molecule has 0 fully saturated rings. The topological polar surface area (TPSA) is 81.8 Å². The van der Waals surface area contributed by atoms with Gasteiger partial charge in [0.05, 0.1) is 18.4 Å². The number of alkyl halides is 3. The first-order valence-electron chi connectivity index (χ1n) is 8.90. The highest BCUT2D eigenvalue weighted by atomic mass is 19.4. The first-order valence-corrected chi connectivity index (χ1v) is 8.90. The molecule has 0 aliphatic heterocycles. The molecule has 2 aromatic carbocycles. The lowest BCUT2D eigenvalue weighted by Crippen LogP contribution is -2.20. The number of hydrogen-bond acceptors (Lipinski definition) is 6. The molecule has 1 heterocycles. The van der Waals surface area contributed by atoms with Crippen LogP contribution in [0.1, 0.15) is 22.5 Å². The van der Waals surface area contributed by atoms with E-state index in [4.69, 9.17) is 13.9 Å². The number of phenols is 1. The van der Waals surface area contributed by atoms with Gasteiger partial charge in [0.25, 0.3) is 0 Å². The van der Waals surface area contributed by atoms with Crippen molar-refractivity contribution in [3.05, 3.63) is 60.0 Å². The molecule has 0 spiro atoms. The average molecular weight is 421 g/mol. The van der Waals surface area contributed by atoms with E-state index in [0.29, 0.717) is 17.0 Å². The number of carbonyl (C=O) groups excluding carboxylic acids is 1. The number of oxazole rings is 1. The van der Waals surface area contributed by atoms with Crippen LogP contribution in [0.15, 0.2) is 53.1 Å². The molecule has 0 aliphatic carbocycles. The van der Waals surface area contributed by atoms with Crippen LogP contribution >= 0.6 is 0 Å². The third-order valence-electron chi connectivity index (χ3n) is 4.16. The number of nitrogens with zero attached hydrogens (tertiary/aromatic N) is 1. The third-order valence-corrected chi connectivity index (χ3v) is 4.16. The van der Waals surface area contributed by atoms with E-state index in [9.17, 15) is 23.1 Å². The van der Waals surface area contributed by atoms with Gasteiger partial charge in [-0.05, 0) is 30.3 Å². The van der Waals surface area contributed by atoms with Gasteiger partial charge in [-0.15, -0.1) is 0 Å². The van der Waals surface area contributed by atoms with Gasteiger partial charge in [-0.25, -0.2) is 4.98 Å². The van der Waals surface area contributed by atoms with E-state index in [2.05, 4.69) is 4.98 Å². The van der Waals surface area contributed by atoms with E-state index in [1.807, 2.05) is 0 Å². The average Bonchev–Trinajstić information content (AvgIpc) is 3.19. The van der Waals surface area contributed by atoms with Gasteiger partial charge in [0.2, 0.25) is 5.89 Å². The van der Waals surface area contributed by atoms with Crippen molar-refractivity contribution in [3.8, 4) is 28.7 Å². The summed E-state index contributed by atoms with van der Waals surface area (Å²) < 4.78 is 52.3. The van der Waals surface area contributed by atoms with Crippen molar-refractivity contribution in [3.63, 3.8) is 0 Å². The summed E-state index contributed by atoms with van der Waals surface area (Å²) in [5.41, 5.74) is 1.09. The number of halogens is 3. The third kappa shape index (κ3) is 5.31. The predicted octanol–water partition coefficient (Wildman–Crippen LogP) is 4.81. The standard InChI is InChI=1S/C21H18F3NO5/c1-28-19-9-6-13(10-17(19)27)20-25-14(11-29-20)7-8-16(26)15-4-2-3-5-18(15)30-12-21(22,23)24/h2-6,9-11,27H,7-8,12H2,1H3. The number of ether oxygens (including phenoxy) is 2. The monoisotopic (exact) mass is 421 g/mol. The van der Waals surface area contributed by atoms with Crippen LogP contribution in [0.4, 0.5) is 13.2 Å². The molecule has 3 rings (SSSR count). The Morgan fingerprint density at radius 2 is 1.93 bits per heavy atom. The van der Waals surface area contributed by atoms with Crippen molar-refractivity contribution in [2.24, 2.45) is 0 Å². The van der Waals surface area contributed by atoms with Gasteiger partial charge in [0, 0.05) is 18.4 Å². The maximum Gasteiger partial charge on any atom is 0.422 e. The lowest BCUT2D eigenvalue weighted by atomic mass is 10.0. The van der Waals surface area contributed by atoms with E-state index < -0.39 is 12.8 Å². The van der Waals surface area contributed by atoms with Crippen LogP contribution in [-0.4, -0.2) is 35.8 Å². The summed E-state index contributed by atoms with van der Waals surface area (Å²) in [7, 11) is 1.43. The van der Waals surface area contributed by atoms with Crippen LogP contribution < -0.4 is 9.47 Å². The summed E-state index contributed by atoms with van der Waals surface area (Å²) in [5, 5.41) is 9.86. The Hall–Kier alpha value is -3.49. The van der Waals surface area contributed by atoms with Gasteiger partial charge in [0.15, 0.2) is 23.9 Å².